The van der Waals surface area contributed by atoms with E-state index in [1.54, 1.807) is 6.33 Å². The molecule has 1 fully saturated rings. The summed E-state index contributed by atoms with van der Waals surface area (Å²) in [5.74, 6) is 2.59. The van der Waals surface area contributed by atoms with E-state index in [0.29, 0.717) is 6.04 Å². The lowest BCUT2D eigenvalue weighted by atomic mass is 9.73. The summed E-state index contributed by atoms with van der Waals surface area (Å²) in [7, 11) is 1.97. The van der Waals surface area contributed by atoms with Crippen LogP contribution in [0.25, 0.3) is 11.4 Å². The van der Waals surface area contributed by atoms with Crippen LogP contribution >= 0.6 is 0 Å². The number of anilines is 1. The van der Waals surface area contributed by atoms with Gasteiger partial charge in [-0.15, -0.1) is 10.2 Å². The number of nitrogens with one attached hydrogen (secondary N) is 1. The molecule has 3 rings (SSSR count). The summed E-state index contributed by atoms with van der Waals surface area (Å²) in [4.78, 5) is 0. The van der Waals surface area contributed by atoms with E-state index in [1.165, 1.54) is 18.5 Å². The van der Waals surface area contributed by atoms with Crippen LogP contribution in [-0.4, -0.2) is 20.8 Å². The zero-order valence-corrected chi connectivity index (χ0v) is 12.4. The first-order valence-corrected chi connectivity index (χ1v) is 7.34. The Morgan fingerprint density at radius 2 is 2.10 bits per heavy atom. The third-order valence-electron chi connectivity index (χ3n) is 4.32. The van der Waals surface area contributed by atoms with Crippen LogP contribution in [0.3, 0.4) is 0 Å². The topological polar surface area (TPSA) is 42.7 Å². The maximum absolute atomic E-state index is 4.16. The summed E-state index contributed by atoms with van der Waals surface area (Å²) in [5, 5.41) is 11.7. The van der Waals surface area contributed by atoms with Crippen molar-refractivity contribution >= 4 is 5.69 Å². The Hall–Kier alpha value is -1.84. The van der Waals surface area contributed by atoms with Gasteiger partial charge in [-0.2, -0.15) is 0 Å². The molecule has 0 saturated heterocycles. The molecule has 0 bridgehead atoms. The molecular weight excluding hydrogens is 248 g/mol. The third kappa shape index (κ3) is 2.55. The Kier molecular flexibility index (Phi) is 3.47. The summed E-state index contributed by atoms with van der Waals surface area (Å²) in [5.41, 5.74) is 2.28. The van der Waals surface area contributed by atoms with E-state index in [-0.39, 0.29) is 0 Å². The van der Waals surface area contributed by atoms with Gasteiger partial charge in [0.25, 0.3) is 0 Å². The molecule has 0 aliphatic heterocycles. The predicted octanol–water partition coefficient (Wildman–Crippen LogP) is 3.33. The Bertz CT molecular complexity index is 582. The van der Waals surface area contributed by atoms with Gasteiger partial charge >= 0.3 is 0 Å². The van der Waals surface area contributed by atoms with Crippen LogP contribution in [0, 0.1) is 11.8 Å². The lowest BCUT2D eigenvalue weighted by Gasteiger charge is -2.39. The van der Waals surface area contributed by atoms with E-state index in [2.05, 4.69) is 53.6 Å². The molecular formula is C16H22N4. The molecule has 0 amide bonds. The molecule has 1 heterocycles. The van der Waals surface area contributed by atoms with Gasteiger partial charge in [-0.3, -0.25) is 0 Å². The Balaban J connectivity index is 1.69. The Morgan fingerprint density at radius 1 is 1.30 bits per heavy atom. The fourth-order valence-electron chi connectivity index (χ4n) is 2.85. The van der Waals surface area contributed by atoms with Crippen molar-refractivity contribution in [3.63, 3.8) is 0 Å². The average Bonchev–Trinajstić information content (AvgIpc) is 2.79. The van der Waals surface area contributed by atoms with Crippen molar-refractivity contribution in [2.45, 2.75) is 32.7 Å². The maximum Gasteiger partial charge on any atom is 0.163 e. The second-order valence-electron chi connectivity index (χ2n) is 6.16. The molecule has 0 unspecified atom stereocenters. The van der Waals surface area contributed by atoms with Crippen LogP contribution in [0.4, 0.5) is 5.69 Å². The normalized spacial score (nSPS) is 21.8. The zero-order valence-electron chi connectivity index (χ0n) is 12.4. The number of hydrogen-bond donors (Lipinski definition) is 1. The van der Waals surface area contributed by atoms with Crippen molar-refractivity contribution in [1.82, 2.24) is 14.8 Å². The van der Waals surface area contributed by atoms with E-state index in [4.69, 9.17) is 0 Å². The van der Waals surface area contributed by atoms with E-state index in [0.717, 1.165) is 23.2 Å². The Labute approximate surface area is 120 Å². The highest BCUT2D eigenvalue weighted by atomic mass is 15.2. The van der Waals surface area contributed by atoms with Gasteiger partial charge in [0.2, 0.25) is 0 Å². The molecule has 1 N–H and O–H groups in total. The first-order valence-electron chi connectivity index (χ1n) is 7.34. The molecule has 1 aliphatic carbocycles. The van der Waals surface area contributed by atoms with Crippen LogP contribution in [0.5, 0.6) is 0 Å². The highest BCUT2D eigenvalue weighted by Gasteiger charge is 2.30. The van der Waals surface area contributed by atoms with Crippen molar-refractivity contribution in [1.29, 1.82) is 0 Å². The minimum Gasteiger partial charge on any atom is -0.382 e. The van der Waals surface area contributed by atoms with Crippen molar-refractivity contribution in [3.05, 3.63) is 30.6 Å². The second kappa shape index (κ2) is 5.27. The third-order valence-corrected chi connectivity index (χ3v) is 4.32. The van der Waals surface area contributed by atoms with Gasteiger partial charge in [0.15, 0.2) is 5.82 Å². The molecule has 0 radical (unpaired) electrons. The van der Waals surface area contributed by atoms with Gasteiger partial charge in [0.05, 0.1) is 0 Å². The molecule has 2 aromatic rings. The summed E-state index contributed by atoms with van der Waals surface area (Å²) in [6, 6.07) is 9.06. The lowest BCUT2D eigenvalue weighted by Crippen LogP contribution is -2.37. The van der Waals surface area contributed by atoms with Gasteiger partial charge < -0.3 is 9.88 Å². The van der Waals surface area contributed by atoms with Gasteiger partial charge in [0.1, 0.15) is 6.33 Å². The summed E-state index contributed by atoms with van der Waals surface area (Å²) in [6.07, 6.45) is 4.30. The highest BCUT2D eigenvalue weighted by Crippen LogP contribution is 2.35. The number of aryl methyl sites for hydroxylation is 1. The minimum atomic E-state index is 0.622. The van der Waals surface area contributed by atoms with Gasteiger partial charge in [0, 0.05) is 24.3 Å². The van der Waals surface area contributed by atoms with Gasteiger partial charge in [-0.05, 0) is 36.8 Å². The van der Waals surface area contributed by atoms with Crippen molar-refractivity contribution in [3.8, 4) is 11.4 Å². The number of hydrogen-bond acceptors (Lipinski definition) is 3. The fourth-order valence-corrected chi connectivity index (χ4v) is 2.85. The monoisotopic (exact) mass is 270 g/mol. The zero-order chi connectivity index (χ0) is 14.1. The molecule has 20 heavy (non-hydrogen) atoms. The standard InChI is InChI=1S/C16H22N4/c1-11(2)13-8-15(9-13)18-14-6-4-5-12(7-14)16-19-17-10-20(16)3/h4-7,10-11,13,15,18H,8-9H2,1-3H3. The van der Waals surface area contributed by atoms with Crippen LogP contribution in [0.2, 0.25) is 0 Å². The van der Waals surface area contributed by atoms with Crippen molar-refractivity contribution < 1.29 is 0 Å². The van der Waals surface area contributed by atoms with E-state index in [9.17, 15) is 0 Å². The van der Waals surface area contributed by atoms with Crippen molar-refractivity contribution in [2.75, 3.05) is 5.32 Å². The molecule has 1 aromatic carbocycles. The summed E-state index contributed by atoms with van der Waals surface area (Å²) in [6.45, 7) is 4.63. The lowest BCUT2D eigenvalue weighted by molar-refractivity contribution is 0.212. The molecule has 4 heteroatoms. The SMILES string of the molecule is CC(C)C1CC(Nc2cccc(-c3nncn3C)c2)C1. The Morgan fingerprint density at radius 3 is 2.75 bits per heavy atom. The minimum absolute atomic E-state index is 0.622. The quantitative estimate of drug-likeness (QED) is 0.926. The van der Waals surface area contributed by atoms with E-state index < -0.39 is 0 Å². The summed E-state index contributed by atoms with van der Waals surface area (Å²) >= 11 is 0. The molecule has 0 spiro atoms. The predicted molar refractivity (Wildman–Crippen MR) is 81.4 cm³/mol. The van der Waals surface area contributed by atoms with Crippen molar-refractivity contribution in [2.24, 2.45) is 18.9 Å². The number of aromatic nitrogens is 3. The molecule has 1 aromatic heterocycles. The number of benzene rings is 1. The van der Waals surface area contributed by atoms with Gasteiger partial charge in [-0.25, -0.2) is 0 Å². The van der Waals surface area contributed by atoms with Crippen LogP contribution in [0.15, 0.2) is 30.6 Å². The molecule has 1 saturated carbocycles. The second-order valence-corrected chi connectivity index (χ2v) is 6.16. The number of rotatable bonds is 4. The van der Waals surface area contributed by atoms with E-state index in [1.807, 2.05) is 11.6 Å². The fraction of sp³-hybridized carbons (Fsp3) is 0.500. The molecule has 106 valence electrons. The smallest absolute Gasteiger partial charge is 0.163 e. The average molecular weight is 270 g/mol. The number of nitrogens with zero attached hydrogens (tertiary/aromatic N) is 3. The summed E-state index contributed by atoms with van der Waals surface area (Å²) < 4.78 is 1.94. The van der Waals surface area contributed by atoms with Crippen LogP contribution in [-0.2, 0) is 7.05 Å². The largest absolute Gasteiger partial charge is 0.382 e. The molecule has 1 aliphatic rings. The first kappa shape index (κ1) is 13.2. The maximum atomic E-state index is 4.16. The molecule has 0 atom stereocenters. The first-order chi connectivity index (χ1) is 9.63. The van der Waals surface area contributed by atoms with Crippen LogP contribution < -0.4 is 5.32 Å². The highest BCUT2D eigenvalue weighted by molar-refractivity contribution is 5.62. The van der Waals surface area contributed by atoms with Gasteiger partial charge in [-0.1, -0.05) is 26.0 Å². The van der Waals surface area contributed by atoms with E-state index >= 15 is 0 Å². The molecule has 4 nitrogen and oxygen atoms in total. The van der Waals surface area contributed by atoms with Crippen LogP contribution in [0.1, 0.15) is 26.7 Å².